The zero-order valence-electron chi connectivity index (χ0n) is 9.96. The quantitative estimate of drug-likeness (QED) is 0.827. The zero-order chi connectivity index (χ0) is 11.5. The lowest BCUT2D eigenvalue weighted by Gasteiger charge is -2.07. The van der Waals surface area contributed by atoms with Gasteiger partial charge in [0.1, 0.15) is 5.82 Å². The standard InChI is InChI=1S/C13H19N3/c1-3-10(4-2)13-15-11-6-5-9(8-14)7-12(11)16-13/h5-7,10H,3-4,8,14H2,1-2H3,(H,15,16). The first kappa shape index (κ1) is 11.1. The van der Waals surface area contributed by atoms with Crippen LogP contribution in [0.1, 0.15) is 44.0 Å². The first-order valence-electron chi connectivity index (χ1n) is 5.97. The average molecular weight is 217 g/mol. The molecule has 3 N–H and O–H groups in total. The number of benzene rings is 1. The van der Waals surface area contributed by atoms with Gasteiger partial charge in [0.15, 0.2) is 0 Å². The Bertz CT molecular complexity index is 469. The van der Waals surface area contributed by atoms with E-state index in [1.54, 1.807) is 0 Å². The van der Waals surface area contributed by atoms with E-state index in [9.17, 15) is 0 Å². The molecule has 1 aromatic heterocycles. The molecule has 3 nitrogen and oxygen atoms in total. The molecule has 0 atom stereocenters. The molecule has 0 bridgehead atoms. The molecular formula is C13H19N3. The van der Waals surface area contributed by atoms with Crippen molar-refractivity contribution >= 4 is 11.0 Å². The van der Waals surface area contributed by atoms with Gasteiger partial charge in [-0.05, 0) is 30.5 Å². The van der Waals surface area contributed by atoms with Gasteiger partial charge in [-0.25, -0.2) is 4.98 Å². The van der Waals surface area contributed by atoms with Crippen LogP contribution in [-0.4, -0.2) is 9.97 Å². The number of hydrogen-bond acceptors (Lipinski definition) is 2. The molecule has 0 saturated heterocycles. The molecule has 16 heavy (non-hydrogen) atoms. The Morgan fingerprint density at radius 2 is 2.06 bits per heavy atom. The molecule has 3 heteroatoms. The van der Waals surface area contributed by atoms with Gasteiger partial charge in [0, 0.05) is 12.5 Å². The van der Waals surface area contributed by atoms with Crippen LogP contribution in [0.3, 0.4) is 0 Å². The Morgan fingerprint density at radius 1 is 1.31 bits per heavy atom. The summed E-state index contributed by atoms with van der Waals surface area (Å²) in [6.45, 7) is 4.98. The fourth-order valence-electron chi connectivity index (χ4n) is 2.07. The number of hydrogen-bond donors (Lipinski definition) is 2. The smallest absolute Gasteiger partial charge is 0.110 e. The first-order valence-corrected chi connectivity index (χ1v) is 5.97. The van der Waals surface area contributed by atoms with Crippen LogP contribution in [0.15, 0.2) is 18.2 Å². The molecule has 86 valence electrons. The topological polar surface area (TPSA) is 54.7 Å². The fraction of sp³-hybridized carbons (Fsp3) is 0.462. The zero-order valence-corrected chi connectivity index (χ0v) is 9.96. The van der Waals surface area contributed by atoms with E-state index in [0.29, 0.717) is 12.5 Å². The third-order valence-corrected chi connectivity index (χ3v) is 3.17. The molecular weight excluding hydrogens is 198 g/mol. The SMILES string of the molecule is CCC(CC)c1nc2ccc(CN)cc2[nH]1. The number of nitrogens with one attached hydrogen (secondary N) is 1. The van der Waals surface area contributed by atoms with Crippen LogP contribution in [0.4, 0.5) is 0 Å². The van der Waals surface area contributed by atoms with Crippen molar-refractivity contribution in [3.63, 3.8) is 0 Å². The number of imidazole rings is 1. The number of aromatic amines is 1. The summed E-state index contributed by atoms with van der Waals surface area (Å²) in [5.74, 6) is 1.64. The van der Waals surface area contributed by atoms with E-state index >= 15 is 0 Å². The van der Waals surface area contributed by atoms with Crippen LogP contribution in [0.25, 0.3) is 11.0 Å². The lowest BCUT2D eigenvalue weighted by atomic mass is 10.0. The maximum absolute atomic E-state index is 5.63. The highest BCUT2D eigenvalue weighted by molar-refractivity contribution is 5.76. The van der Waals surface area contributed by atoms with Gasteiger partial charge in [0.25, 0.3) is 0 Å². The summed E-state index contributed by atoms with van der Waals surface area (Å²) in [4.78, 5) is 8.04. The third kappa shape index (κ3) is 1.95. The molecule has 0 aliphatic rings. The highest BCUT2D eigenvalue weighted by Crippen LogP contribution is 2.23. The van der Waals surface area contributed by atoms with E-state index in [4.69, 9.17) is 5.73 Å². The lowest BCUT2D eigenvalue weighted by Crippen LogP contribution is -1.97. The van der Waals surface area contributed by atoms with Crippen molar-refractivity contribution in [2.75, 3.05) is 0 Å². The third-order valence-electron chi connectivity index (χ3n) is 3.17. The predicted molar refractivity (Wildman–Crippen MR) is 67.3 cm³/mol. The summed E-state index contributed by atoms with van der Waals surface area (Å²) in [6.07, 6.45) is 2.25. The largest absolute Gasteiger partial charge is 0.342 e. The van der Waals surface area contributed by atoms with Gasteiger partial charge in [0.2, 0.25) is 0 Å². The Labute approximate surface area is 96.1 Å². The maximum atomic E-state index is 5.63. The van der Waals surface area contributed by atoms with E-state index in [1.807, 2.05) is 12.1 Å². The molecule has 0 aliphatic heterocycles. The molecule has 2 rings (SSSR count). The molecule has 0 amide bonds. The monoisotopic (exact) mass is 217 g/mol. The highest BCUT2D eigenvalue weighted by atomic mass is 14.9. The second-order valence-corrected chi connectivity index (χ2v) is 4.19. The Kier molecular flexibility index (Phi) is 3.25. The molecule has 0 radical (unpaired) electrons. The van der Waals surface area contributed by atoms with Crippen LogP contribution < -0.4 is 5.73 Å². The van der Waals surface area contributed by atoms with Gasteiger partial charge in [-0.1, -0.05) is 19.9 Å². The fourth-order valence-corrected chi connectivity index (χ4v) is 2.07. The van der Waals surface area contributed by atoms with Crippen molar-refractivity contribution < 1.29 is 0 Å². The molecule has 1 heterocycles. The number of rotatable bonds is 4. The van der Waals surface area contributed by atoms with Crippen LogP contribution in [0.5, 0.6) is 0 Å². The van der Waals surface area contributed by atoms with Gasteiger partial charge in [-0.15, -0.1) is 0 Å². The second kappa shape index (κ2) is 4.66. The minimum Gasteiger partial charge on any atom is -0.342 e. The van der Waals surface area contributed by atoms with Gasteiger partial charge in [-0.2, -0.15) is 0 Å². The van der Waals surface area contributed by atoms with Crippen molar-refractivity contribution in [3.8, 4) is 0 Å². The highest BCUT2D eigenvalue weighted by Gasteiger charge is 2.11. The van der Waals surface area contributed by atoms with Crippen LogP contribution in [-0.2, 0) is 6.54 Å². The molecule has 0 saturated carbocycles. The summed E-state index contributed by atoms with van der Waals surface area (Å²) < 4.78 is 0. The predicted octanol–water partition coefficient (Wildman–Crippen LogP) is 2.93. The molecule has 2 aromatic rings. The van der Waals surface area contributed by atoms with E-state index in [1.165, 1.54) is 0 Å². The summed E-state index contributed by atoms with van der Waals surface area (Å²) in [6, 6.07) is 6.17. The second-order valence-electron chi connectivity index (χ2n) is 4.19. The van der Waals surface area contributed by atoms with Gasteiger partial charge >= 0.3 is 0 Å². The Balaban J connectivity index is 2.43. The van der Waals surface area contributed by atoms with Crippen molar-refractivity contribution in [3.05, 3.63) is 29.6 Å². The van der Waals surface area contributed by atoms with Crippen LogP contribution >= 0.6 is 0 Å². The summed E-state index contributed by atoms with van der Waals surface area (Å²) >= 11 is 0. The van der Waals surface area contributed by atoms with Crippen molar-refractivity contribution in [1.29, 1.82) is 0 Å². The van der Waals surface area contributed by atoms with Crippen LogP contribution in [0.2, 0.25) is 0 Å². The molecule has 1 aromatic carbocycles. The number of nitrogens with two attached hydrogens (primary N) is 1. The Morgan fingerprint density at radius 3 is 2.69 bits per heavy atom. The van der Waals surface area contributed by atoms with E-state index in [2.05, 4.69) is 29.9 Å². The normalized spacial score (nSPS) is 11.5. The van der Waals surface area contributed by atoms with Crippen molar-refractivity contribution in [2.24, 2.45) is 5.73 Å². The number of fused-ring (bicyclic) bond motifs is 1. The summed E-state index contributed by atoms with van der Waals surface area (Å²) in [7, 11) is 0. The number of H-pyrrole nitrogens is 1. The van der Waals surface area contributed by atoms with Gasteiger partial charge < -0.3 is 10.7 Å². The van der Waals surface area contributed by atoms with E-state index in [-0.39, 0.29) is 0 Å². The molecule has 0 spiro atoms. The Hall–Kier alpha value is -1.35. The molecule has 0 unspecified atom stereocenters. The summed E-state index contributed by atoms with van der Waals surface area (Å²) in [5, 5.41) is 0. The average Bonchev–Trinajstić information content (AvgIpc) is 2.72. The number of aromatic nitrogens is 2. The van der Waals surface area contributed by atoms with E-state index < -0.39 is 0 Å². The molecule has 0 aliphatic carbocycles. The van der Waals surface area contributed by atoms with Crippen molar-refractivity contribution in [2.45, 2.75) is 39.2 Å². The lowest BCUT2D eigenvalue weighted by molar-refractivity contribution is 0.611. The minimum absolute atomic E-state index is 0.536. The first-order chi connectivity index (χ1) is 7.78. The van der Waals surface area contributed by atoms with Crippen LogP contribution in [0, 0.1) is 0 Å². The maximum Gasteiger partial charge on any atom is 0.110 e. The number of nitrogens with zero attached hydrogens (tertiary/aromatic N) is 1. The summed E-state index contributed by atoms with van der Waals surface area (Å²) in [5.41, 5.74) is 8.91. The van der Waals surface area contributed by atoms with Crippen molar-refractivity contribution in [1.82, 2.24) is 9.97 Å². The molecule has 0 fully saturated rings. The van der Waals surface area contributed by atoms with Gasteiger partial charge in [-0.3, -0.25) is 0 Å². The van der Waals surface area contributed by atoms with Gasteiger partial charge in [0.05, 0.1) is 11.0 Å². The minimum atomic E-state index is 0.536. The van der Waals surface area contributed by atoms with E-state index in [0.717, 1.165) is 35.3 Å².